The van der Waals surface area contributed by atoms with Gasteiger partial charge in [0, 0.05) is 18.2 Å². The Labute approximate surface area is 78.7 Å². The minimum atomic E-state index is 0.418. The van der Waals surface area contributed by atoms with E-state index in [0.717, 1.165) is 25.1 Å². The van der Waals surface area contributed by atoms with Gasteiger partial charge >= 0.3 is 0 Å². The van der Waals surface area contributed by atoms with E-state index in [1.807, 2.05) is 18.8 Å². The van der Waals surface area contributed by atoms with Crippen molar-refractivity contribution in [2.45, 2.75) is 12.8 Å². The molecule has 1 saturated carbocycles. The minimum absolute atomic E-state index is 0.418. The lowest BCUT2D eigenvalue weighted by Crippen LogP contribution is -2.28. The van der Waals surface area contributed by atoms with Gasteiger partial charge in [0.2, 0.25) is 0 Å². The van der Waals surface area contributed by atoms with Crippen LogP contribution in [0.2, 0.25) is 0 Å². The van der Waals surface area contributed by atoms with Crippen LogP contribution in [-0.2, 0) is 4.79 Å². The molecular weight excluding hydrogens is 170 g/mol. The summed E-state index contributed by atoms with van der Waals surface area (Å²) in [6.07, 6.45) is 4.36. The average molecular weight is 187 g/mol. The molecule has 0 aromatic heterocycles. The van der Waals surface area contributed by atoms with Gasteiger partial charge in [0.15, 0.2) is 0 Å². The van der Waals surface area contributed by atoms with E-state index < -0.39 is 0 Å². The van der Waals surface area contributed by atoms with Crippen molar-refractivity contribution in [3.63, 3.8) is 0 Å². The SMILES string of the molecule is CSCCN(C)CC(=O)C1CC1. The van der Waals surface area contributed by atoms with Gasteiger partial charge in [-0.2, -0.15) is 11.8 Å². The molecule has 0 unspecified atom stereocenters. The van der Waals surface area contributed by atoms with Gasteiger partial charge in [-0.1, -0.05) is 0 Å². The second-order valence-corrected chi connectivity index (χ2v) is 4.46. The van der Waals surface area contributed by atoms with Crippen molar-refractivity contribution in [2.75, 3.05) is 32.1 Å². The Morgan fingerprint density at radius 3 is 2.75 bits per heavy atom. The van der Waals surface area contributed by atoms with Crippen LogP contribution in [0, 0.1) is 5.92 Å². The fourth-order valence-electron chi connectivity index (χ4n) is 1.13. The maximum Gasteiger partial charge on any atom is 0.149 e. The molecular formula is C9H17NOS. The van der Waals surface area contributed by atoms with Crippen LogP contribution in [0.4, 0.5) is 0 Å². The first kappa shape index (κ1) is 10.1. The summed E-state index contributed by atoms with van der Waals surface area (Å²) >= 11 is 1.83. The molecule has 0 atom stereocenters. The molecule has 2 nitrogen and oxygen atoms in total. The number of carbonyl (C=O) groups excluding carboxylic acids is 1. The van der Waals surface area contributed by atoms with Gasteiger partial charge < -0.3 is 0 Å². The van der Waals surface area contributed by atoms with Crippen LogP contribution < -0.4 is 0 Å². The van der Waals surface area contributed by atoms with Crippen molar-refractivity contribution in [3.05, 3.63) is 0 Å². The number of Topliss-reactive ketones (excluding diaryl/α,β-unsaturated/α-hetero) is 1. The summed E-state index contributed by atoms with van der Waals surface area (Å²) in [4.78, 5) is 13.5. The molecule has 0 aromatic rings. The second kappa shape index (κ2) is 4.87. The van der Waals surface area contributed by atoms with E-state index in [0.29, 0.717) is 18.2 Å². The fourth-order valence-corrected chi connectivity index (χ4v) is 1.62. The molecule has 12 heavy (non-hydrogen) atoms. The predicted molar refractivity (Wildman–Crippen MR) is 53.6 cm³/mol. The Morgan fingerprint density at radius 1 is 1.58 bits per heavy atom. The van der Waals surface area contributed by atoms with E-state index in [-0.39, 0.29) is 0 Å². The highest BCUT2D eigenvalue weighted by Gasteiger charge is 2.29. The average Bonchev–Trinajstić information content (AvgIpc) is 2.82. The molecule has 1 aliphatic rings. The van der Waals surface area contributed by atoms with E-state index >= 15 is 0 Å². The number of rotatable bonds is 6. The Morgan fingerprint density at radius 2 is 2.25 bits per heavy atom. The molecule has 70 valence electrons. The number of thioether (sulfide) groups is 1. The van der Waals surface area contributed by atoms with Crippen molar-refractivity contribution in [1.82, 2.24) is 4.90 Å². The lowest BCUT2D eigenvalue weighted by molar-refractivity contribution is -0.121. The van der Waals surface area contributed by atoms with E-state index in [1.54, 1.807) is 0 Å². The number of hydrogen-bond acceptors (Lipinski definition) is 3. The number of ketones is 1. The van der Waals surface area contributed by atoms with E-state index in [9.17, 15) is 4.79 Å². The predicted octanol–water partition coefficient (Wildman–Crippen LogP) is 1.26. The number of carbonyl (C=O) groups is 1. The molecule has 0 heterocycles. The summed E-state index contributed by atoms with van der Waals surface area (Å²) in [5.41, 5.74) is 0. The normalized spacial score (nSPS) is 16.9. The van der Waals surface area contributed by atoms with Crippen molar-refractivity contribution in [1.29, 1.82) is 0 Å². The molecule has 1 aliphatic carbocycles. The maximum atomic E-state index is 11.3. The Bertz CT molecular complexity index is 157. The molecule has 0 saturated heterocycles. The summed E-state index contributed by atoms with van der Waals surface area (Å²) in [7, 11) is 2.02. The molecule has 0 spiro atoms. The van der Waals surface area contributed by atoms with Gasteiger partial charge in [-0.25, -0.2) is 0 Å². The van der Waals surface area contributed by atoms with E-state index in [1.165, 1.54) is 0 Å². The van der Waals surface area contributed by atoms with Crippen molar-refractivity contribution < 1.29 is 4.79 Å². The van der Waals surface area contributed by atoms with Crippen LogP contribution in [0.1, 0.15) is 12.8 Å². The smallest absolute Gasteiger partial charge is 0.149 e. The molecule has 3 heteroatoms. The third-order valence-electron chi connectivity index (χ3n) is 2.14. The first-order valence-electron chi connectivity index (χ1n) is 4.44. The summed E-state index contributed by atoms with van der Waals surface area (Å²) in [5, 5.41) is 0. The zero-order chi connectivity index (χ0) is 8.97. The van der Waals surface area contributed by atoms with Crippen molar-refractivity contribution >= 4 is 17.5 Å². The van der Waals surface area contributed by atoms with Crippen LogP contribution >= 0.6 is 11.8 Å². The monoisotopic (exact) mass is 187 g/mol. The van der Waals surface area contributed by atoms with E-state index in [2.05, 4.69) is 11.2 Å². The van der Waals surface area contributed by atoms with Crippen LogP contribution in [0.5, 0.6) is 0 Å². The summed E-state index contributed by atoms with van der Waals surface area (Å²) in [6.45, 7) is 1.69. The number of hydrogen-bond donors (Lipinski definition) is 0. The van der Waals surface area contributed by atoms with Crippen LogP contribution in [0.25, 0.3) is 0 Å². The molecule has 0 amide bonds. The van der Waals surface area contributed by atoms with Gasteiger partial charge in [0.25, 0.3) is 0 Å². The number of likely N-dealkylation sites (N-methyl/N-ethyl adjacent to an activating group) is 1. The molecule has 1 fully saturated rings. The zero-order valence-corrected chi connectivity index (χ0v) is 8.69. The van der Waals surface area contributed by atoms with Crippen LogP contribution in [-0.4, -0.2) is 42.8 Å². The Kier molecular flexibility index (Phi) is 4.09. The topological polar surface area (TPSA) is 20.3 Å². The minimum Gasteiger partial charge on any atom is -0.298 e. The largest absolute Gasteiger partial charge is 0.298 e. The van der Waals surface area contributed by atoms with Gasteiger partial charge in [-0.15, -0.1) is 0 Å². The van der Waals surface area contributed by atoms with Gasteiger partial charge in [-0.3, -0.25) is 9.69 Å². The third-order valence-corrected chi connectivity index (χ3v) is 2.73. The maximum absolute atomic E-state index is 11.3. The molecule has 0 N–H and O–H groups in total. The van der Waals surface area contributed by atoms with Crippen molar-refractivity contribution in [2.24, 2.45) is 5.92 Å². The van der Waals surface area contributed by atoms with Crippen molar-refractivity contribution in [3.8, 4) is 0 Å². The summed E-state index contributed by atoms with van der Waals surface area (Å²) in [5.74, 6) is 1.98. The summed E-state index contributed by atoms with van der Waals surface area (Å²) in [6, 6.07) is 0. The Balaban J connectivity index is 2.07. The molecule has 0 aromatic carbocycles. The highest BCUT2D eigenvalue weighted by Crippen LogP contribution is 2.29. The van der Waals surface area contributed by atoms with Crippen LogP contribution in [0.15, 0.2) is 0 Å². The second-order valence-electron chi connectivity index (χ2n) is 3.47. The Hall–Kier alpha value is -0.0200. The lowest BCUT2D eigenvalue weighted by Gasteiger charge is -2.14. The lowest BCUT2D eigenvalue weighted by atomic mass is 10.2. The quantitative estimate of drug-likeness (QED) is 0.624. The molecule has 0 radical (unpaired) electrons. The van der Waals surface area contributed by atoms with Gasteiger partial charge in [0.1, 0.15) is 5.78 Å². The molecule has 0 aliphatic heterocycles. The summed E-state index contributed by atoms with van der Waals surface area (Å²) < 4.78 is 0. The zero-order valence-electron chi connectivity index (χ0n) is 7.88. The first-order chi connectivity index (χ1) is 5.74. The van der Waals surface area contributed by atoms with Gasteiger partial charge in [0.05, 0.1) is 6.54 Å². The molecule has 0 bridgehead atoms. The molecule has 1 rings (SSSR count). The number of nitrogens with zero attached hydrogens (tertiary/aromatic N) is 1. The highest BCUT2D eigenvalue weighted by atomic mass is 32.2. The van der Waals surface area contributed by atoms with E-state index in [4.69, 9.17) is 0 Å². The highest BCUT2D eigenvalue weighted by molar-refractivity contribution is 7.98. The third kappa shape index (κ3) is 3.59. The standard InChI is InChI=1S/C9H17NOS/c1-10(5-6-12-2)7-9(11)8-3-4-8/h8H,3-7H2,1-2H3. The fraction of sp³-hybridized carbons (Fsp3) is 0.889. The van der Waals surface area contributed by atoms with Crippen LogP contribution in [0.3, 0.4) is 0 Å². The first-order valence-corrected chi connectivity index (χ1v) is 5.83. The van der Waals surface area contributed by atoms with Gasteiger partial charge in [-0.05, 0) is 26.1 Å².